The molecule has 0 saturated carbocycles. The number of amides is 4. The van der Waals surface area contributed by atoms with Gasteiger partial charge in [0.1, 0.15) is 5.54 Å². The first-order valence-electron chi connectivity index (χ1n) is 11.1. The van der Waals surface area contributed by atoms with Crippen LogP contribution < -0.4 is 5.32 Å². The van der Waals surface area contributed by atoms with Crippen molar-refractivity contribution in [2.45, 2.75) is 70.9 Å². The van der Waals surface area contributed by atoms with E-state index >= 15 is 0 Å². The molecule has 4 amide bonds. The molecule has 0 aromatic heterocycles. The molecular weight excluding hydrogens is 370 g/mol. The number of carbonyl (C=O) groups excluding carboxylic acids is 3. The highest BCUT2D eigenvalue weighted by molar-refractivity contribution is 6.07. The van der Waals surface area contributed by atoms with E-state index < -0.39 is 5.54 Å². The van der Waals surface area contributed by atoms with Crippen LogP contribution in [-0.2, 0) is 14.3 Å². The van der Waals surface area contributed by atoms with Gasteiger partial charge < -0.3 is 15.0 Å². The predicted octanol–water partition coefficient (Wildman–Crippen LogP) is 2.71. The van der Waals surface area contributed by atoms with Crippen LogP contribution in [0.5, 0.6) is 0 Å². The van der Waals surface area contributed by atoms with Gasteiger partial charge in [0, 0.05) is 19.7 Å². The van der Waals surface area contributed by atoms with Gasteiger partial charge in [-0.05, 0) is 50.0 Å². The first kappa shape index (κ1) is 21.8. The summed E-state index contributed by atoms with van der Waals surface area (Å²) in [5.41, 5.74) is -0.840. The number of hydrogen-bond acceptors (Lipinski definition) is 4. The fourth-order valence-electron chi connectivity index (χ4n) is 4.82. The normalized spacial score (nSPS) is 28.8. The van der Waals surface area contributed by atoms with Gasteiger partial charge in [-0.15, -0.1) is 0 Å². The zero-order valence-corrected chi connectivity index (χ0v) is 18.0. The maximum Gasteiger partial charge on any atom is 0.325 e. The number of piperidine rings is 1. The largest absolute Gasteiger partial charge is 0.376 e. The first-order chi connectivity index (χ1) is 13.9. The van der Waals surface area contributed by atoms with Crippen molar-refractivity contribution >= 4 is 17.8 Å². The van der Waals surface area contributed by atoms with E-state index in [1.165, 1.54) is 4.90 Å². The molecule has 3 rings (SSSR count). The van der Waals surface area contributed by atoms with E-state index in [4.69, 9.17) is 4.74 Å². The number of allylic oxidation sites excluding steroid dienone is 1. The van der Waals surface area contributed by atoms with Crippen LogP contribution in [0.3, 0.4) is 0 Å². The number of imide groups is 1. The van der Waals surface area contributed by atoms with E-state index in [9.17, 15) is 14.4 Å². The summed E-state index contributed by atoms with van der Waals surface area (Å²) in [5.74, 6) is 0.310. The molecular formula is C22H35N3O4. The SMILES string of the molecule is CCC[C@]1(C2CCN(C(=O)/C=C/C(C)C)CC2)NC(=O)N(C[C@H]2CCCO2)C1=O. The highest BCUT2D eigenvalue weighted by Crippen LogP contribution is 2.37. The van der Waals surface area contributed by atoms with Crippen molar-refractivity contribution in [1.82, 2.24) is 15.1 Å². The molecule has 162 valence electrons. The van der Waals surface area contributed by atoms with E-state index in [0.29, 0.717) is 38.6 Å². The average Bonchev–Trinajstić information content (AvgIpc) is 3.30. The minimum absolute atomic E-state index is 0.0310. The first-order valence-corrected chi connectivity index (χ1v) is 11.1. The monoisotopic (exact) mass is 405 g/mol. The van der Waals surface area contributed by atoms with Crippen LogP contribution >= 0.6 is 0 Å². The van der Waals surface area contributed by atoms with Crippen molar-refractivity contribution in [3.63, 3.8) is 0 Å². The number of urea groups is 1. The number of ether oxygens (including phenoxy) is 1. The van der Waals surface area contributed by atoms with E-state index in [1.54, 1.807) is 6.08 Å². The summed E-state index contributed by atoms with van der Waals surface area (Å²) < 4.78 is 5.64. The summed E-state index contributed by atoms with van der Waals surface area (Å²) in [4.78, 5) is 41.7. The standard InChI is InChI=1S/C22H35N3O4/c1-4-11-22(17-9-12-24(13-10-17)19(26)8-7-16(2)3)20(27)25(21(28)23-22)15-18-6-5-14-29-18/h7-8,16-18H,4-6,9-15H2,1-3H3,(H,23,28)/b8-7+/t18-,22-/m1/s1. The molecule has 2 atom stereocenters. The molecule has 0 aliphatic carbocycles. The van der Waals surface area contributed by atoms with Gasteiger partial charge in [0.25, 0.3) is 5.91 Å². The highest BCUT2D eigenvalue weighted by Gasteiger charge is 2.55. The quantitative estimate of drug-likeness (QED) is 0.522. The van der Waals surface area contributed by atoms with Crippen LogP contribution in [0.15, 0.2) is 12.2 Å². The Kier molecular flexibility index (Phi) is 6.98. The number of nitrogens with one attached hydrogen (secondary N) is 1. The van der Waals surface area contributed by atoms with Gasteiger partial charge in [-0.1, -0.05) is 33.3 Å². The molecule has 3 aliphatic rings. The minimum atomic E-state index is -0.840. The molecule has 0 spiro atoms. The van der Waals surface area contributed by atoms with Gasteiger partial charge in [0.15, 0.2) is 0 Å². The zero-order valence-electron chi connectivity index (χ0n) is 18.0. The fraction of sp³-hybridized carbons (Fsp3) is 0.773. The number of likely N-dealkylation sites (tertiary alicyclic amines) is 1. The van der Waals surface area contributed by atoms with Gasteiger partial charge in [-0.25, -0.2) is 4.79 Å². The van der Waals surface area contributed by atoms with Gasteiger partial charge in [-0.2, -0.15) is 0 Å². The second kappa shape index (κ2) is 9.28. The van der Waals surface area contributed by atoms with E-state index in [2.05, 4.69) is 5.32 Å². The van der Waals surface area contributed by atoms with Crippen LogP contribution in [0.1, 0.15) is 59.3 Å². The summed E-state index contributed by atoms with van der Waals surface area (Å²) in [7, 11) is 0. The molecule has 0 radical (unpaired) electrons. The van der Waals surface area contributed by atoms with Crippen LogP contribution in [0.25, 0.3) is 0 Å². The fourth-order valence-corrected chi connectivity index (χ4v) is 4.82. The second-order valence-corrected chi connectivity index (χ2v) is 8.90. The van der Waals surface area contributed by atoms with Crippen molar-refractivity contribution in [2.24, 2.45) is 11.8 Å². The lowest BCUT2D eigenvalue weighted by molar-refractivity contribution is -0.136. The van der Waals surface area contributed by atoms with Gasteiger partial charge in [0.05, 0.1) is 12.6 Å². The number of nitrogens with zero attached hydrogens (tertiary/aromatic N) is 2. The predicted molar refractivity (Wildman–Crippen MR) is 110 cm³/mol. The van der Waals surface area contributed by atoms with Crippen molar-refractivity contribution < 1.29 is 19.1 Å². The molecule has 7 heteroatoms. The Labute approximate surface area is 173 Å². The average molecular weight is 406 g/mol. The molecule has 0 aromatic carbocycles. The summed E-state index contributed by atoms with van der Waals surface area (Å²) in [6.07, 6.45) is 8.28. The molecule has 3 saturated heterocycles. The molecule has 0 unspecified atom stereocenters. The third-order valence-corrected chi connectivity index (χ3v) is 6.38. The Morgan fingerprint density at radius 1 is 1.28 bits per heavy atom. The lowest BCUT2D eigenvalue weighted by atomic mass is 9.74. The molecule has 0 bridgehead atoms. The molecule has 1 N–H and O–H groups in total. The van der Waals surface area contributed by atoms with Crippen molar-refractivity contribution in [1.29, 1.82) is 0 Å². The van der Waals surface area contributed by atoms with E-state index in [1.807, 2.05) is 31.7 Å². The number of carbonyl (C=O) groups is 3. The smallest absolute Gasteiger partial charge is 0.325 e. The third kappa shape index (κ3) is 4.65. The molecule has 29 heavy (non-hydrogen) atoms. The van der Waals surface area contributed by atoms with Crippen molar-refractivity contribution in [3.8, 4) is 0 Å². The molecule has 7 nitrogen and oxygen atoms in total. The zero-order chi connectivity index (χ0) is 21.0. The number of hydrogen-bond donors (Lipinski definition) is 1. The van der Waals surface area contributed by atoms with Crippen molar-refractivity contribution in [2.75, 3.05) is 26.2 Å². The van der Waals surface area contributed by atoms with E-state index in [0.717, 1.165) is 32.1 Å². The third-order valence-electron chi connectivity index (χ3n) is 6.38. The molecule has 3 fully saturated rings. The lowest BCUT2D eigenvalue weighted by Gasteiger charge is -2.40. The summed E-state index contributed by atoms with van der Waals surface area (Å²) in [6, 6.07) is -0.294. The van der Waals surface area contributed by atoms with Gasteiger partial charge in [-0.3, -0.25) is 14.5 Å². The summed E-state index contributed by atoms with van der Waals surface area (Å²) >= 11 is 0. The summed E-state index contributed by atoms with van der Waals surface area (Å²) in [6.45, 7) is 8.40. The Hall–Kier alpha value is -1.89. The van der Waals surface area contributed by atoms with Crippen LogP contribution in [0.4, 0.5) is 4.79 Å². The van der Waals surface area contributed by atoms with Crippen LogP contribution in [0, 0.1) is 11.8 Å². The lowest BCUT2D eigenvalue weighted by Crippen LogP contribution is -2.56. The topological polar surface area (TPSA) is 79.0 Å². The highest BCUT2D eigenvalue weighted by atomic mass is 16.5. The minimum Gasteiger partial charge on any atom is -0.376 e. The number of rotatable bonds is 7. The molecule has 0 aromatic rings. The summed E-state index contributed by atoms with van der Waals surface area (Å²) in [5, 5.41) is 3.06. The maximum absolute atomic E-state index is 13.4. The van der Waals surface area contributed by atoms with Crippen molar-refractivity contribution in [3.05, 3.63) is 12.2 Å². The Bertz CT molecular complexity index is 648. The Morgan fingerprint density at radius 2 is 2.00 bits per heavy atom. The Morgan fingerprint density at radius 3 is 2.59 bits per heavy atom. The molecule has 3 heterocycles. The Balaban J connectivity index is 1.67. The second-order valence-electron chi connectivity index (χ2n) is 8.90. The van der Waals surface area contributed by atoms with Gasteiger partial charge >= 0.3 is 6.03 Å². The van der Waals surface area contributed by atoms with E-state index in [-0.39, 0.29) is 29.9 Å². The van der Waals surface area contributed by atoms with Crippen LogP contribution in [-0.4, -0.2) is 65.5 Å². The maximum atomic E-state index is 13.4. The van der Waals surface area contributed by atoms with Gasteiger partial charge in [0.2, 0.25) is 5.91 Å². The molecule has 3 aliphatic heterocycles. The van der Waals surface area contributed by atoms with Crippen LogP contribution in [0.2, 0.25) is 0 Å².